The van der Waals surface area contributed by atoms with Crippen molar-refractivity contribution in [3.63, 3.8) is 0 Å². The fourth-order valence-corrected chi connectivity index (χ4v) is 3.71. The number of hydrogen-bond acceptors (Lipinski definition) is 2. The van der Waals surface area contributed by atoms with Crippen LogP contribution in [-0.2, 0) is 4.79 Å². The molecular formula is C14H23NOS. The van der Waals surface area contributed by atoms with Crippen LogP contribution in [0.15, 0.2) is 11.6 Å². The molecular weight excluding hydrogens is 230 g/mol. The lowest BCUT2D eigenvalue weighted by atomic mass is 9.97. The Kier molecular flexibility index (Phi) is 5.43. The Morgan fingerprint density at radius 1 is 1.41 bits per heavy atom. The van der Waals surface area contributed by atoms with Crippen LogP contribution < -0.4 is 5.32 Å². The first-order chi connectivity index (χ1) is 8.36. The monoisotopic (exact) mass is 253 g/mol. The molecule has 0 aromatic heterocycles. The molecule has 1 aliphatic heterocycles. The van der Waals surface area contributed by atoms with Crippen molar-refractivity contribution < 1.29 is 4.79 Å². The van der Waals surface area contributed by atoms with Crippen molar-refractivity contribution in [1.82, 2.24) is 5.32 Å². The Bertz CT molecular complexity index is 282. The Morgan fingerprint density at radius 2 is 2.35 bits per heavy atom. The first kappa shape index (κ1) is 13.0. The molecule has 0 spiro atoms. The molecule has 17 heavy (non-hydrogen) atoms. The summed E-state index contributed by atoms with van der Waals surface area (Å²) < 4.78 is 0. The maximum atomic E-state index is 11.9. The molecule has 1 aliphatic carbocycles. The number of allylic oxidation sites excluding steroid dienone is 1. The molecule has 0 aromatic rings. The number of carbonyl (C=O) groups excluding carboxylic acids is 1. The molecule has 1 unspecified atom stereocenters. The highest BCUT2D eigenvalue weighted by molar-refractivity contribution is 7.99. The maximum Gasteiger partial charge on any atom is 0.223 e. The van der Waals surface area contributed by atoms with Crippen LogP contribution in [0.1, 0.15) is 44.9 Å². The summed E-state index contributed by atoms with van der Waals surface area (Å²) in [4.78, 5) is 11.9. The van der Waals surface area contributed by atoms with Gasteiger partial charge < -0.3 is 5.32 Å². The van der Waals surface area contributed by atoms with Gasteiger partial charge in [0.05, 0.1) is 0 Å². The highest BCUT2D eigenvalue weighted by Crippen LogP contribution is 2.23. The van der Waals surface area contributed by atoms with Crippen molar-refractivity contribution >= 4 is 17.7 Å². The predicted molar refractivity (Wildman–Crippen MR) is 74.2 cm³/mol. The minimum Gasteiger partial charge on any atom is -0.356 e. The molecule has 3 heteroatoms. The summed E-state index contributed by atoms with van der Waals surface area (Å²) in [6.07, 6.45) is 10.9. The number of thioether (sulfide) groups is 1. The molecule has 2 aliphatic rings. The van der Waals surface area contributed by atoms with Crippen LogP contribution in [0.5, 0.6) is 0 Å². The zero-order valence-corrected chi connectivity index (χ0v) is 11.4. The van der Waals surface area contributed by atoms with E-state index in [1.807, 2.05) is 11.8 Å². The number of rotatable bonds is 4. The SMILES string of the molecule is O=C(NCCC1=CCCCC1)C1CCCSC1. The van der Waals surface area contributed by atoms with E-state index in [2.05, 4.69) is 11.4 Å². The molecule has 1 amide bonds. The van der Waals surface area contributed by atoms with Crippen LogP contribution in [0, 0.1) is 5.92 Å². The number of amides is 1. The normalized spacial score (nSPS) is 25.2. The Hall–Kier alpha value is -0.440. The zero-order valence-electron chi connectivity index (χ0n) is 10.5. The number of nitrogens with one attached hydrogen (secondary N) is 1. The van der Waals surface area contributed by atoms with Gasteiger partial charge in [-0.1, -0.05) is 11.6 Å². The average Bonchev–Trinajstić information content (AvgIpc) is 2.41. The summed E-state index contributed by atoms with van der Waals surface area (Å²) in [7, 11) is 0. The van der Waals surface area contributed by atoms with Crippen LogP contribution in [0.25, 0.3) is 0 Å². The van der Waals surface area contributed by atoms with Crippen molar-refractivity contribution in [3.8, 4) is 0 Å². The van der Waals surface area contributed by atoms with Gasteiger partial charge in [-0.05, 0) is 50.7 Å². The second kappa shape index (κ2) is 7.10. The van der Waals surface area contributed by atoms with Crippen molar-refractivity contribution in [3.05, 3.63) is 11.6 Å². The molecule has 1 fully saturated rings. The van der Waals surface area contributed by atoms with E-state index in [4.69, 9.17) is 0 Å². The summed E-state index contributed by atoms with van der Waals surface area (Å²) >= 11 is 1.92. The van der Waals surface area contributed by atoms with E-state index in [1.54, 1.807) is 5.57 Å². The summed E-state index contributed by atoms with van der Waals surface area (Å²) in [6, 6.07) is 0. The summed E-state index contributed by atoms with van der Waals surface area (Å²) in [5.41, 5.74) is 1.55. The van der Waals surface area contributed by atoms with Crippen LogP contribution >= 0.6 is 11.8 Å². The van der Waals surface area contributed by atoms with E-state index < -0.39 is 0 Å². The van der Waals surface area contributed by atoms with Crippen LogP contribution in [-0.4, -0.2) is 24.0 Å². The lowest BCUT2D eigenvalue weighted by molar-refractivity contribution is -0.124. The number of hydrogen-bond donors (Lipinski definition) is 1. The van der Waals surface area contributed by atoms with E-state index in [0.29, 0.717) is 0 Å². The highest BCUT2D eigenvalue weighted by Gasteiger charge is 2.20. The fourth-order valence-electron chi connectivity index (χ4n) is 2.57. The zero-order chi connectivity index (χ0) is 11.9. The highest BCUT2D eigenvalue weighted by atomic mass is 32.2. The molecule has 1 atom stereocenters. The molecule has 2 nitrogen and oxygen atoms in total. The van der Waals surface area contributed by atoms with E-state index in [9.17, 15) is 4.79 Å². The topological polar surface area (TPSA) is 29.1 Å². The third-order valence-electron chi connectivity index (χ3n) is 3.66. The van der Waals surface area contributed by atoms with Crippen LogP contribution in [0.4, 0.5) is 0 Å². The van der Waals surface area contributed by atoms with Crippen molar-refractivity contribution in [2.45, 2.75) is 44.9 Å². The predicted octanol–water partition coefficient (Wildman–Crippen LogP) is 3.14. The van der Waals surface area contributed by atoms with Crippen LogP contribution in [0.2, 0.25) is 0 Å². The molecule has 1 N–H and O–H groups in total. The van der Waals surface area contributed by atoms with Crippen LogP contribution in [0.3, 0.4) is 0 Å². The summed E-state index contributed by atoms with van der Waals surface area (Å²) in [5.74, 6) is 2.81. The Balaban J connectivity index is 1.63. The second-order valence-electron chi connectivity index (χ2n) is 5.06. The molecule has 96 valence electrons. The minimum atomic E-state index is 0.272. The minimum absolute atomic E-state index is 0.272. The largest absolute Gasteiger partial charge is 0.356 e. The average molecular weight is 253 g/mol. The number of carbonyl (C=O) groups is 1. The van der Waals surface area contributed by atoms with Gasteiger partial charge >= 0.3 is 0 Å². The van der Waals surface area contributed by atoms with Gasteiger partial charge in [0.25, 0.3) is 0 Å². The van der Waals surface area contributed by atoms with E-state index in [-0.39, 0.29) is 11.8 Å². The molecule has 0 radical (unpaired) electrons. The molecule has 0 saturated carbocycles. The fraction of sp³-hybridized carbons (Fsp3) is 0.786. The second-order valence-corrected chi connectivity index (χ2v) is 6.21. The third-order valence-corrected chi connectivity index (χ3v) is 4.88. The van der Waals surface area contributed by atoms with Gasteiger partial charge in [-0.25, -0.2) is 0 Å². The van der Waals surface area contributed by atoms with Gasteiger partial charge in [0.1, 0.15) is 0 Å². The van der Waals surface area contributed by atoms with Crippen molar-refractivity contribution in [2.75, 3.05) is 18.1 Å². The van der Waals surface area contributed by atoms with Gasteiger partial charge in [-0.3, -0.25) is 4.79 Å². The standard InChI is InChI=1S/C14H23NOS/c16-14(13-7-4-10-17-11-13)15-9-8-12-5-2-1-3-6-12/h5,13H,1-4,6-11H2,(H,15,16). The lowest BCUT2D eigenvalue weighted by Crippen LogP contribution is -2.34. The van der Waals surface area contributed by atoms with E-state index in [0.717, 1.165) is 25.1 Å². The van der Waals surface area contributed by atoms with Crippen molar-refractivity contribution in [2.24, 2.45) is 5.92 Å². The van der Waals surface area contributed by atoms with Gasteiger partial charge in [0.2, 0.25) is 5.91 Å². The van der Waals surface area contributed by atoms with Gasteiger partial charge in [0.15, 0.2) is 0 Å². The molecule has 0 bridgehead atoms. The Morgan fingerprint density at radius 3 is 3.06 bits per heavy atom. The first-order valence-corrected chi connectivity index (χ1v) is 8.05. The Labute approximate surface area is 109 Å². The lowest BCUT2D eigenvalue weighted by Gasteiger charge is -2.21. The van der Waals surface area contributed by atoms with E-state index in [1.165, 1.54) is 37.9 Å². The molecule has 2 rings (SSSR count). The third kappa shape index (κ3) is 4.38. The summed E-state index contributed by atoms with van der Waals surface area (Å²) in [5, 5.41) is 3.11. The molecule has 0 aromatic carbocycles. The quantitative estimate of drug-likeness (QED) is 0.780. The van der Waals surface area contributed by atoms with Gasteiger partial charge in [0, 0.05) is 18.2 Å². The maximum absolute atomic E-state index is 11.9. The van der Waals surface area contributed by atoms with Gasteiger partial charge in [-0.15, -0.1) is 0 Å². The summed E-state index contributed by atoms with van der Waals surface area (Å²) in [6.45, 7) is 0.839. The van der Waals surface area contributed by atoms with E-state index >= 15 is 0 Å². The molecule has 1 heterocycles. The molecule has 1 saturated heterocycles. The first-order valence-electron chi connectivity index (χ1n) is 6.89. The smallest absolute Gasteiger partial charge is 0.223 e. The van der Waals surface area contributed by atoms with Crippen molar-refractivity contribution in [1.29, 1.82) is 0 Å². The van der Waals surface area contributed by atoms with Gasteiger partial charge in [-0.2, -0.15) is 11.8 Å².